The van der Waals surface area contributed by atoms with Crippen LogP contribution in [0.4, 0.5) is 0 Å². The Morgan fingerprint density at radius 3 is 2.13 bits per heavy atom. The van der Waals surface area contributed by atoms with Crippen LogP contribution in [0.2, 0.25) is 15.1 Å². The molecule has 2 nitrogen and oxygen atoms in total. The number of nitrogens with zero attached hydrogens (tertiary/aromatic N) is 2. The van der Waals surface area contributed by atoms with Crippen molar-refractivity contribution in [1.29, 1.82) is 10.5 Å². The Morgan fingerprint density at radius 2 is 1.60 bits per heavy atom. The van der Waals surface area contributed by atoms with Crippen molar-refractivity contribution >= 4 is 40.9 Å². The number of halogens is 3. The molecular formula is C10H3Cl3N2. The maximum Gasteiger partial charge on any atom is 0.130 e. The van der Waals surface area contributed by atoms with Gasteiger partial charge in [-0.1, -0.05) is 34.8 Å². The van der Waals surface area contributed by atoms with Gasteiger partial charge in [0, 0.05) is 10.6 Å². The van der Waals surface area contributed by atoms with Crippen LogP contribution in [0.5, 0.6) is 0 Å². The second kappa shape index (κ2) is 5.05. The Labute approximate surface area is 102 Å². The van der Waals surface area contributed by atoms with E-state index in [-0.39, 0.29) is 10.6 Å². The third kappa shape index (κ3) is 2.64. The van der Waals surface area contributed by atoms with Gasteiger partial charge in [-0.25, -0.2) is 0 Å². The lowest BCUT2D eigenvalue weighted by Gasteiger charge is -2.02. The maximum absolute atomic E-state index is 8.58. The maximum atomic E-state index is 8.58. The zero-order valence-electron chi connectivity index (χ0n) is 7.26. The highest BCUT2D eigenvalue weighted by Crippen LogP contribution is 2.32. The van der Waals surface area contributed by atoms with Crippen LogP contribution < -0.4 is 0 Å². The van der Waals surface area contributed by atoms with Crippen LogP contribution in [0.25, 0.3) is 6.08 Å². The molecule has 0 atom stereocenters. The normalized spacial score (nSPS) is 8.87. The van der Waals surface area contributed by atoms with Gasteiger partial charge in [0.1, 0.15) is 17.7 Å². The van der Waals surface area contributed by atoms with Gasteiger partial charge in [-0.2, -0.15) is 10.5 Å². The number of rotatable bonds is 1. The minimum atomic E-state index is -0.0823. The molecule has 0 spiro atoms. The number of allylic oxidation sites excluding steroid dienone is 1. The van der Waals surface area contributed by atoms with E-state index < -0.39 is 0 Å². The topological polar surface area (TPSA) is 47.6 Å². The molecule has 0 unspecified atom stereocenters. The molecule has 1 aromatic rings. The molecule has 0 heterocycles. The molecule has 0 saturated carbocycles. The van der Waals surface area contributed by atoms with Crippen molar-refractivity contribution in [1.82, 2.24) is 0 Å². The van der Waals surface area contributed by atoms with Crippen LogP contribution in [0.15, 0.2) is 17.7 Å². The van der Waals surface area contributed by atoms with Crippen LogP contribution in [-0.4, -0.2) is 0 Å². The summed E-state index contributed by atoms with van der Waals surface area (Å²) in [5.74, 6) is 0. The first-order valence-electron chi connectivity index (χ1n) is 3.75. The molecule has 0 amide bonds. The fourth-order valence-corrected chi connectivity index (χ4v) is 1.55. The molecule has 15 heavy (non-hydrogen) atoms. The SMILES string of the molecule is N#CC(C#N)=Cc1c(Cl)ccc(Cl)c1Cl. The standard InChI is InChI=1S/C10H3Cl3N2/c11-8-1-2-9(12)10(13)7(8)3-6(4-14)5-15/h1-3H. The van der Waals surface area contributed by atoms with E-state index in [1.807, 2.05) is 0 Å². The molecule has 0 radical (unpaired) electrons. The van der Waals surface area contributed by atoms with E-state index in [0.29, 0.717) is 15.6 Å². The Kier molecular flexibility index (Phi) is 4.00. The molecule has 0 aromatic heterocycles. The molecule has 1 aromatic carbocycles. The van der Waals surface area contributed by atoms with Crippen molar-refractivity contribution in [2.75, 3.05) is 0 Å². The first-order valence-corrected chi connectivity index (χ1v) is 4.89. The number of nitriles is 2. The summed E-state index contributed by atoms with van der Waals surface area (Å²) in [6, 6.07) is 6.52. The zero-order valence-corrected chi connectivity index (χ0v) is 9.53. The highest BCUT2D eigenvalue weighted by Gasteiger charge is 2.08. The fourth-order valence-electron chi connectivity index (χ4n) is 0.909. The third-order valence-corrected chi connectivity index (χ3v) is 2.76. The Bertz CT molecular complexity index is 491. The van der Waals surface area contributed by atoms with Crippen molar-refractivity contribution in [2.24, 2.45) is 0 Å². The highest BCUT2D eigenvalue weighted by molar-refractivity contribution is 6.44. The number of benzene rings is 1. The number of hydrogen-bond donors (Lipinski definition) is 0. The van der Waals surface area contributed by atoms with Gasteiger partial charge in [0.05, 0.1) is 10.0 Å². The number of hydrogen-bond acceptors (Lipinski definition) is 2. The molecule has 0 aliphatic heterocycles. The van der Waals surface area contributed by atoms with Gasteiger partial charge in [0.25, 0.3) is 0 Å². The second-order valence-electron chi connectivity index (χ2n) is 2.54. The monoisotopic (exact) mass is 256 g/mol. The lowest BCUT2D eigenvalue weighted by Crippen LogP contribution is -1.82. The minimum absolute atomic E-state index is 0.0823. The molecule has 0 aliphatic carbocycles. The van der Waals surface area contributed by atoms with Gasteiger partial charge in [0.15, 0.2) is 0 Å². The zero-order chi connectivity index (χ0) is 11.4. The van der Waals surface area contributed by atoms with Crippen LogP contribution >= 0.6 is 34.8 Å². The summed E-state index contributed by atoms with van der Waals surface area (Å²) in [5, 5.41) is 18.0. The first kappa shape index (κ1) is 11.9. The summed E-state index contributed by atoms with van der Waals surface area (Å²) < 4.78 is 0. The van der Waals surface area contributed by atoms with Crippen molar-refractivity contribution < 1.29 is 0 Å². The Hall–Kier alpha value is -1.19. The minimum Gasteiger partial charge on any atom is -0.192 e. The summed E-state index contributed by atoms with van der Waals surface area (Å²) >= 11 is 17.5. The van der Waals surface area contributed by atoms with E-state index in [1.165, 1.54) is 6.08 Å². The van der Waals surface area contributed by atoms with E-state index in [4.69, 9.17) is 45.3 Å². The quantitative estimate of drug-likeness (QED) is 0.562. The van der Waals surface area contributed by atoms with Gasteiger partial charge < -0.3 is 0 Å². The molecule has 0 aliphatic rings. The van der Waals surface area contributed by atoms with E-state index in [0.717, 1.165) is 0 Å². The van der Waals surface area contributed by atoms with Gasteiger partial charge in [-0.05, 0) is 18.2 Å². The summed E-state index contributed by atoms with van der Waals surface area (Å²) in [6.45, 7) is 0. The van der Waals surface area contributed by atoms with E-state index in [2.05, 4.69) is 0 Å². The second-order valence-corrected chi connectivity index (χ2v) is 3.73. The molecule has 0 bridgehead atoms. The molecular weight excluding hydrogens is 254 g/mol. The summed E-state index contributed by atoms with van der Waals surface area (Å²) in [6.07, 6.45) is 1.30. The molecule has 74 valence electrons. The van der Waals surface area contributed by atoms with Gasteiger partial charge >= 0.3 is 0 Å². The third-order valence-electron chi connectivity index (χ3n) is 1.61. The highest BCUT2D eigenvalue weighted by atomic mass is 35.5. The summed E-state index contributed by atoms with van der Waals surface area (Å²) in [4.78, 5) is 0. The van der Waals surface area contributed by atoms with Gasteiger partial charge in [0.2, 0.25) is 0 Å². The van der Waals surface area contributed by atoms with Crippen molar-refractivity contribution in [3.8, 4) is 12.1 Å². The lowest BCUT2D eigenvalue weighted by atomic mass is 10.1. The summed E-state index contributed by atoms with van der Waals surface area (Å²) in [7, 11) is 0. The van der Waals surface area contributed by atoms with Crippen molar-refractivity contribution in [3.05, 3.63) is 38.3 Å². The summed E-state index contributed by atoms with van der Waals surface area (Å²) in [5.41, 5.74) is 0.296. The first-order chi connectivity index (χ1) is 7.10. The Morgan fingerprint density at radius 1 is 1.07 bits per heavy atom. The van der Waals surface area contributed by atoms with Crippen LogP contribution in [0.1, 0.15) is 5.56 Å². The van der Waals surface area contributed by atoms with E-state index >= 15 is 0 Å². The Balaban J connectivity index is 3.40. The molecule has 0 saturated heterocycles. The van der Waals surface area contributed by atoms with Gasteiger partial charge in [-0.15, -0.1) is 0 Å². The largest absolute Gasteiger partial charge is 0.192 e. The molecule has 1 rings (SSSR count). The van der Waals surface area contributed by atoms with Crippen LogP contribution in [0, 0.1) is 22.7 Å². The molecule has 0 fully saturated rings. The molecule has 5 heteroatoms. The predicted octanol–water partition coefficient (Wildman–Crippen LogP) is 4.08. The average molecular weight is 258 g/mol. The van der Waals surface area contributed by atoms with Crippen LogP contribution in [0.3, 0.4) is 0 Å². The molecule has 0 N–H and O–H groups in total. The van der Waals surface area contributed by atoms with Crippen LogP contribution in [-0.2, 0) is 0 Å². The fraction of sp³-hybridized carbons (Fsp3) is 0. The van der Waals surface area contributed by atoms with Crippen molar-refractivity contribution in [2.45, 2.75) is 0 Å². The van der Waals surface area contributed by atoms with E-state index in [9.17, 15) is 0 Å². The van der Waals surface area contributed by atoms with E-state index in [1.54, 1.807) is 24.3 Å². The smallest absolute Gasteiger partial charge is 0.130 e. The predicted molar refractivity (Wildman–Crippen MR) is 60.7 cm³/mol. The average Bonchev–Trinajstić information content (AvgIpc) is 2.24. The van der Waals surface area contributed by atoms with Gasteiger partial charge in [-0.3, -0.25) is 0 Å². The lowest BCUT2D eigenvalue weighted by molar-refractivity contribution is 1.47. The van der Waals surface area contributed by atoms with Crippen molar-refractivity contribution in [3.63, 3.8) is 0 Å².